The van der Waals surface area contributed by atoms with Crippen molar-refractivity contribution >= 4 is 29.9 Å². The van der Waals surface area contributed by atoms with Crippen LogP contribution in [-0.2, 0) is 23.1 Å². The number of nitrogens with one attached hydrogen (secondary N) is 2. The van der Waals surface area contributed by atoms with Gasteiger partial charge < -0.3 is 24.7 Å². The van der Waals surface area contributed by atoms with Crippen LogP contribution in [0.1, 0.15) is 31.7 Å². The van der Waals surface area contributed by atoms with Crippen LogP contribution >= 0.6 is 24.0 Å². The van der Waals surface area contributed by atoms with E-state index < -0.39 is 0 Å². The quantitative estimate of drug-likeness (QED) is 0.276. The first-order chi connectivity index (χ1) is 11.3. The molecule has 2 N–H and O–H groups in total. The van der Waals surface area contributed by atoms with Crippen LogP contribution in [0.3, 0.4) is 0 Å². The molecule has 0 unspecified atom stereocenters. The van der Waals surface area contributed by atoms with E-state index in [9.17, 15) is 0 Å². The summed E-state index contributed by atoms with van der Waals surface area (Å²) in [5.41, 5.74) is 1.22. The first-order valence-corrected chi connectivity index (χ1v) is 8.60. The minimum atomic E-state index is 0. The first-order valence-electron chi connectivity index (χ1n) is 8.60. The molecule has 0 saturated carbocycles. The van der Waals surface area contributed by atoms with Gasteiger partial charge in [0.1, 0.15) is 0 Å². The minimum absolute atomic E-state index is 0. The molecule has 6 nitrogen and oxygen atoms in total. The lowest BCUT2D eigenvalue weighted by Gasteiger charge is -2.22. The SMILES string of the molecule is CCNC(=NCc1ccn(C)c1)NCCCOC1CCOCC1.I. The van der Waals surface area contributed by atoms with Gasteiger partial charge in [-0.15, -0.1) is 24.0 Å². The molecular weight excluding hydrogens is 419 g/mol. The highest BCUT2D eigenvalue weighted by Crippen LogP contribution is 2.10. The Kier molecular flexibility index (Phi) is 11.1. The van der Waals surface area contributed by atoms with E-state index in [0.29, 0.717) is 12.6 Å². The maximum Gasteiger partial charge on any atom is 0.191 e. The number of aliphatic imine (C=N–C) groups is 1. The fraction of sp³-hybridized carbons (Fsp3) is 0.706. The average molecular weight is 450 g/mol. The molecule has 1 fully saturated rings. The van der Waals surface area contributed by atoms with Crippen molar-refractivity contribution in [2.75, 3.05) is 32.9 Å². The van der Waals surface area contributed by atoms with Crippen molar-refractivity contribution in [1.29, 1.82) is 0 Å². The molecule has 24 heavy (non-hydrogen) atoms. The van der Waals surface area contributed by atoms with E-state index in [1.807, 2.05) is 17.8 Å². The van der Waals surface area contributed by atoms with Crippen LogP contribution in [-0.4, -0.2) is 49.5 Å². The second kappa shape index (κ2) is 12.5. The smallest absolute Gasteiger partial charge is 0.191 e. The van der Waals surface area contributed by atoms with Gasteiger partial charge in [-0.1, -0.05) is 0 Å². The summed E-state index contributed by atoms with van der Waals surface area (Å²) in [6, 6.07) is 2.09. The Labute approximate surface area is 162 Å². The van der Waals surface area contributed by atoms with Crippen LogP contribution in [0, 0.1) is 0 Å². The fourth-order valence-corrected chi connectivity index (χ4v) is 2.54. The molecule has 2 rings (SSSR count). The molecular formula is C17H31IN4O2. The molecule has 0 atom stereocenters. The van der Waals surface area contributed by atoms with Crippen molar-refractivity contribution in [1.82, 2.24) is 15.2 Å². The summed E-state index contributed by atoms with van der Waals surface area (Å²) < 4.78 is 13.2. The molecule has 0 aromatic carbocycles. The van der Waals surface area contributed by atoms with Crippen LogP contribution in [0.25, 0.3) is 0 Å². The monoisotopic (exact) mass is 450 g/mol. The zero-order valence-corrected chi connectivity index (χ0v) is 17.1. The average Bonchev–Trinajstić information content (AvgIpc) is 2.98. The van der Waals surface area contributed by atoms with Gasteiger partial charge in [-0.2, -0.15) is 0 Å². The number of hydrogen-bond acceptors (Lipinski definition) is 3. The standard InChI is InChI=1S/C17H30N4O2.HI/c1-3-18-17(20-13-15-5-9-21(2)14-15)19-8-4-10-23-16-6-11-22-12-7-16;/h5,9,14,16H,3-4,6-8,10-13H2,1-2H3,(H2,18,19,20);1H. The number of nitrogens with zero attached hydrogens (tertiary/aromatic N) is 2. The Morgan fingerprint density at radius 3 is 2.83 bits per heavy atom. The van der Waals surface area contributed by atoms with Gasteiger partial charge >= 0.3 is 0 Å². The van der Waals surface area contributed by atoms with Crippen molar-refractivity contribution < 1.29 is 9.47 Å². The van der Waals surface area contributed by atoms with Crippen molar-refractivity contribution in [2.45, 2.75) is 38.8 Å². The number of rotatable bonds is 8. The maximum absolute atomic E-state index is 5.87. The van der Waals surface area contributed by atoms with E-state index in [1.54, 1.807) is 0 Å². The predicted molar refractivity (Wildman–Crippen MR) is 108 cm³/mol. The van der Waals surface area contributed by atoms with Gasteiger partial charge in [0, 0.05) is 52.4 Å². The van der Waals surface area contributed by atoms with Gasteiger partial charge in [0.25, 0.3) is 0 Å². The second-order valence-corrected chi connectivity index (χ2v) is 5.84. The van der Waals surface area contributed by atoms with E-state index >= 15 is 0 Å². The molecule has 0 radical (unpaired) electrons. The summed E-state index contributed by atoms with van der Waals surface area (Å²) in [4.78, 5) is 4.61. The van der Waals surface area contributed by atoms with Gasteiger partial charge in [0.05, 0.1) is 12.6 Å². The van der Waals surface area contributed by atoms with Crippen LogP contribution < -0.4 is 10.6 Å². The van der Waals surface area contributed by atoms with Crippen molar-refractivity contribution in [3.8, 4) is 0 Å². The van der Waals surface area contributed by atoms with E-state index in [0.717, 1.165) is 58.1 Å². The molecule has 2 heterocycles. The maximum atomic E-state index is 5.87. The second-order valence-electron chi connectivity index (χ2n) is 5.84. The first kappa shape index (κ1) is 21.2. The third-order valence-corrected chi connectivity index (χ3v) is 3.79. The largest absolute Gasteiger partial charge is 0.381 e. The summed E-state index contributed by atoms with van der Waals surface area (Å²) in [6.07, 6.45) is 7.54. The van der Waals surface area contributed by atoms with Crippen LogP contribution in [0.4, 0.5) is 0 Å². The molecule has 7 heteroatoms. The van der Waals surface area contributed by atoms with Crippen molar-refractivity contribution in [2.24, 2.45) is 12.0 Å². The van der Waals surface area contributed by atoms with E-state index in [2.05, 4.69) is 34.8 Å². The predicted octanol–water partition coefficient (Wildman–Crippen LogP) is 2.28. The Hall–Kier alpha value is -0.800. The van der Waals surface area contributed by atoms with E-state index in [1.165, 1.54) is 5.56 Å². The van der Waals surface area contributed by atoms with Crippen LogP contribution in [0.15, 0.2) is 23.5 Å². The Bertz CT molecular complexity index is 473. The molecule has 1 aliphatic heterocycles. The molecule has 138 valence electrons. The van der Waals surface area contributed by atoms with Crippen LogP contribution in [0.2, 0.25) is 0 Å². The minimum Gasteiger partial charge on any atom is -0.381 e. The third kappa shape index (κ3) is 8.34. The molecule has 1 aliphatic rings. The van der Waals surface area contributed by atoms with Crippen molar-refractivity contribution in [3.05, 3.63) is 24.0 Å². The summed E-state index contributed by atoms with van der Waals surface area (Å²) >= 11 is 0. The van der Waals surface area contributed by atoms with Crippen molar-refractivity contribution in [3.63, 3.8) is 0 Å². The number of aryl methyl sites for hydroxylation is 1. The van der Waals surface area contributed by atoms with Crippen LogP contribution in [0.5, 0.6) is 0 Å². The number of guanidine groups is 1. The summed E-state index contributed by atoms with van der Waals surface area (Å²) in [6.45, 7) is 6.95. The van der Waals surface area contributed by atoms with Gasteiger partial charge in [-0.25, -0.2) is 4.99 Å². The summed E-state index contributed by atoms with van der Waals surface area (Å²) in [5, 5.41) is 6.64. The Morgan fingerprint density at radius 2 is 2.17 bits per heavy atom. The van der Waals surface area contributed by atoms with Gasteiger partial charge in [0.2, 0.25) is 0 Å². The summed E-state index contributed by atoms with van der Waals surface area (Å²) in [7, 11) is 2.02. The topological polar surface area (TPSA) is 59.8 Å². The molecule has 0 spiro atoms. The van der Waals surface area contributed by atoms with Gasteiger partial charge in [0.15, 0.2) is 5.96 Å². The van der Waals surface area contributed by atoms with Gasteiger partial charge in [-0.3, -0.25) is 0 Å². The molecule has 0 aliphatic carbocycles. The molecule has 0 amide bonds. The zero-order valence-electron chi connectivity index (χ0n) is 14.8. The summed E-state index contributed by atoms with van der Waals surface area (Å²) in [5.74, 6) is 0.863. The van der Waals surface area contributed by atoms with E-state index in [4.69, 9.17) is 9.47 Å². The third-order valence-electron chi connectivity index (χ3n) is 3.79. The number of hydrogen-bond donors (Lipinski definition) is 2. The molecule has 1 aromatic rings. The Balaban J connectivity index is 0.00000288. The lowest BCUT2D eigenvalue weighted by molar-refractivity contribution is -0.0320. The highest BCUT2D eigenvalue weighted by Gasteiger charge is 2.13. The zero-order chi connectivity index (χ0) is 16.3. The molecule has 1 aromatic heterocycles. The fourth-order valence-electron chi connectivity index (χ4n) is 2.54. The molecule has 0 bridgehead atoms. The highest BCUT2D eigenvalue weighted by molar-refractivity contribution is 14.0. The number of halogens is 1. The number of ether oxygens (including phenoxy) is 2. The van der Waals surface area contributed by atoms with E-state index in [-0.39, 0.29) is 24.0 Å². The molecule has 1 saturated heterocycles. The number of aromatic nitrogens is 1. The Morgan fingerprint density at radius 1 is 1.38 bits per heavy atom. The normalized spacial score (nSPS) is 15.8. The highest BCUT2D eigenvalue weighted by atomic mass is 127. The lowest BCUT2D eigenvalue weighted by atomic mass is 10.1. The van der Waals surface area contributed by atoms with Gasteiger partial charge in [-0.05, 0) is 37.8 Å². The lowest BCUT2D eigenvalue weighted by Crippen LogP contribution is -2.38.